The number of hydrogen-bond acceptors (Lipinski definition) is 9. The van der Waals surface area contributed by atoms with E-state index in [-0.39, 0.29) is 11.3 Å². The van der Waals surface area contributed by atoms with Gasteiger partial charge in [-0.25, -0.2) is 4.98 Å². The predicted octanol–water partition coefficient (Wildman–Crippen LogP) is 7.31. The second-order valence-corrected chi connectivity index (χ2v) is 11.4. The van der Waals surface area contributed by atoms with Crippen molar-refractivity contribution >= 4 is 44.1 Å². The molecule has 1 unspecified atom stereocenters. The third-order valence-electron chi connectivity index (χ3n) is 7.47. The van der Waals surface area contributed by atoms with Crippen LogP contribution >= 0.6 is 11.3 Å². The average molecular weight is 637 g/mol. The van der Waals surface area contributed by atoms with E-state index in [0.29, 0.717) is 64.6 Å². The van der Waals surface area contributed by atoms with Crippen LogP contribution in [0.4, 0.5) is 5.13 Å². The molecule has 9 nitrogen and oxygen atoms in total. The van der Waals surface area contributed by atoms with Crippen LogP contribution in [0.1, 0.15) is 36.6 Å². The number of anilines is 1. The van der Waals surface area contributed by atoms with Gasteiger partial charge in [-0.3, -0.25) is 14.5 Å². The van der Waals surface area contributed by atoms with E-state index in [1.165, 1.54) is 23.3 Å². The third-order valence-corrected chi connectivity index (χ3v) is 8.49. The summed E-state index contributed by atoms with van der Waals surface area (Å²) in [5, 5.41) is 12.0. The highest BCUT2D eigenvalue weighted by Gasteiger charge is 2.48. The molecule has 1 amide bonds. The Morgan fingerprint density at radius 3 is 2.35 bits per heavy atom. The standard InChI is InChI=1S/C36H32N2O7S/c1-4-43-25-13-9-12-24(18-25)33(39)31-32(23-14-17-28(29(19-23)42-3)45-21-22-10-7-6-8-11-22)38(35(41)34(31)40)36-37-27-16-15-26(44-5-2)20-30(27)46-36/h6-20,32,39H,4-5,21H2,1-3H3. The van der Waals surface area contributed by atoms with Gasteiger partial charge in [-0.15, -0.1) is 0 Å². The predicted molar refractivity (Wildman–Crippen MR) is 177 cm³/mol. The van der Waals surface area contributed by atoms with E-state index in [0.717, 1.165) is 10.3 Å². The summed E-state index contributed by atoms with van der Waals surface area (Å²) in [6, 6.07) is 26.2. The average Bonchev–Trinajstić information content (AvgIpc) is 3.61. The highest BCUT2D eigenvalue weighted by atomic mass is 32.1. The highest BCUT2D eigenvalue weighted by molar-refractivity contribution is 7.22. The van der Waals surface area contributed by atoms with E-state index in [9.17, 15) is 14.7 Å². The maximum Gasteiger partial charge on any atom is 0.301 e. The number of ether oxygens (including phenoxy) is 4. The fourth-order valence-electron chi connectivity index (χ4n) is 5.36. The summed E-state index contributed by atoms with van der Waals surface area (Å²) >= 11 is 1.26. The molecule has 0 aliphatic carbocycles. The topological polar surface area (TPSA) is 107 Å². The van der Waals surface area contributed by atoms with Gasteiger partial charge in [0.1, 0.15) is 23.9 Å². The van der Waals surface area contributed by atoms with E-state index >= 15 is 0 Å². The smallest absolute Gasteiger partial charge is 0.301 e. The first-order valence-electron chi connectivity index (χ1n) is 14.8. The molecule has 0 saturated carbocycles. The van der Waals surface area contributed by atoms with Gasteiger partial charge in [0.25, 0.3) is 5.78 Å². The van der Waals surface area contributed by atoms with Crippen LogP contribution in [0, 0.1) is 0 Å². The Labute approximate surface area is 270 Å². The summed E-state index contributed by atoms with van der Waals surface area (Å²) in [6.45, 7) is 5.01. The minimum Gasteiger partial charge on any atom is -0.507 e. The van der Waals surface area contributed by atoms with Crippen LogP contribution in [0.25, 0.3) is 16.0 Å². The number of benzene rings is 4. The number of rotatable bonds is 11. The van der Waals surface area contributed by atoms with Gasteiger partial charge in [0.05, 0.1) is 42.2 Å². The number of carbonyl (C=O) groups excluding carboxylic acids is 2. The van der Waals surface area contributed by atoms with Crippen molar-refractivity contribution in [2.24, 2.45) is 0 Å². The lowest BCUT2D eigenvalue weighted by molar-refractivity contribution is -0.132. The Bertz CT molecular complexity index is 1940. The van der Waals surface area contributed by atoms with Gasteiger partial charge in [-0.2, -0.15) is 0 Å². The third kappa shape index (κ3) is 5.99. The maximum atomic E-state index is 13.8. The second-order valence-electron chi connectivity index (χ2n) is 10.4. The van der Waals surface area contributed by atoms with E-state index in [2.05, 4.69) is 0 Å². The minimum atomic E-state index is -1.01. The van der Waals surface area contributed by atoms with Gasteiger partial charge in [-0.05, 0) is 67.4 Å². The number of nitrogens with zero attached hydrogens (tertiary/aromatic N) is 2. The molecule has 1 aliphatic heterocycles. The first kappa shape index (κ1) is 30.7. The summed E-state index contributed by atoms with van der Waals surface area (Å²) in [5.41, 5.74) is 2.43. The number of aromatic nitrogens is 1. The van der Waals surface area contributed by atoms with Gasteiger partial charge in [0.2, 0.25) is 0 Å². The molecular weight excluding hydrogens is 604 g/mol. The highest BCUT2D eigenvalue weighted by Crippen LogP contribution is 2.46. The number of fused-ring (bicyclic) bond motifs is 1. The monoisotopic (exact) mass is 636 g/mol. The molecule has 6 rings (SSSR count). The molecule has 0 radical (unpaired) electrons. The summed E-state index contributed by atoms with van der Waals surface area (Å²) < 4.78 is 23.8. The molecule has 2 heterocycles. The molecular formula is C36H32N2O7S. The van der Waals surface area contributed by atoms with E-state index in [1.54, 1.807) is 42.5 Å². The molecule has 5 aromatic rings. The Balaban J connectivity index is 1.47. The molecule has 1 N–H and O–H groups in total. The maximum absolute atomic E-state index is 13.8. The number of aliphatic hydroxyl groups is 1. The van der Waals surface area contributed by atoms with Crippen molar-refractivity contribution in [1.29, 1.82) is 0 Å². The van der Waals surface area contributed by atoms with Gasteiger partial charge < -0.3 is 24.1 Å². The number of aliphatic hydroxyl groups excluding tert-OH is 1. The van der Waals surface area contributed by atoms with Crippen LogP contribution in [0.5, 0.6) is 23.0 Å². The molecule has 1 atom stereocenters. The van der Waals surface area contributed by atoms with E-state index in [4.69, 9.17) is 23.9 Å². The number of hydrogen-bond donors (Lipinski definition) is 1. The molecule has 0 spiro atoms. The first-order chi connectivity index (χ1) is 22.4. The Kier molecular flexibility index (Phi) is 8.89. The van der Waals surface area contributed by atoms with Crippen molar-refractivity contribution < 1.29 is 33.6 Å². The quantitative estimate of drug-likeness (QED) is 0.0914. The normalized spacial score (nSPS) is 15.7. The van der Waals surface area contributed by atoms with Crippen molar-refractivity contribution in [2.75, 3.05) is 25.2 Å². The minimum absolute atomic E-state index is 0.0760. The SMILES string of the molecule is CCOc1cccc(C(O)=C2C(=O)C(=O)N(c3nc4ccc(OCC)cc4s3)C2c2ccc(OCc3ccccc3)c(OC)c2)c1. The number of amides is 1. The Morgan fingerprint density at radius 2 is 1.61 bits per heavy atom. The summed E-state index contributed by atoms with van der Waals surface area (Å²) in [4.78, 5) is 33.7. The summed E-state index contributed by atoms with van der Waals surface area (Å²) in [6.07, 6.45) is 0. The van der Waals surface area contributed by atoms with Crippen molar-refractivity contribution in [3.8, 4) is 23.0 Å². The lowest BCUT2D eigenvalue weighted by Crippen LogP contribution is -2.29. The molecule has 46 heavy (non-hydrogen) atoms. The molecule has 0 bridgehead atoms. The molecule has 1 aromatic heterocycles. The Morgan fingerprint density at radius 1 is 0.848 bits per heavy atom. The van der Waals surface area contributed by atoms with Gasteiger partial charge >= 0.3 is 5.91 Å². The van der Waals surface area contributed by atoms with Crippen LogP contribution < -0.4 is 23.8 Å². The largest absolute Gasteiger partial charge is 0.507 e. The molecule has 1 saturated heterocycles. The number of thiazole rings is 1. The van der Waals surface area contributed by atoms with Crippen LogP contribution in [-0.4, -0.2) is 42.1 Å². The molecule has 10 heteroatoms. The number of Topliss-reactive ketones (excluding diaryl/α,β-unsaturated/α-hetero) is 1. The van der Waals surface area contributed by atoms with Gasteiger partial charge in [0.15, 0.2) is 16.6 Å². The van der Waals surface area contributed by atoms with E-state index in [1.807, 2.05) is 62.4 Å². The van der Waals surface area contributed by atoms with E-state index < -0.39 is 17.7 Å². The zero-order chi connectivity index (χ0) is 32.2. The summed E-state index contributed by atoms with van der Waals surface area (Å²) in [5.74, 6) is 0.129. The number of ketones is 1. The van der Waals surface area contributed by atoms with Crippen LogP contribution in [0.15, 0.2) is 96.6 Å². The molecule has 1 fully saturated rings. The van der Waals surface area contributed by atoms with Crippen molar-refractivity contribution in [3.63, 3.8) is 0 Å². The van der Waals surface area contributed by atoms with Gasteiger partial charge in [0, 0.05) is 5.56 Å². The molecule has 4 aromatic carbocycles. The number of carbonyl (C=O) groups is 2. The zero-order valence-electron chi connectivity index (χ0n) is 25.6. The lowest BCUT2D eigenvalue weighted by Gasteiger charge is -2.24. The fraction of sp³-hybridized carbons (Fsp3) is 0.194. The zero-order valence-corrected chi connectivity index (χ0v) is 26.4. The lowest BCUT2D eigenvalue weighted by atomic mass is 9.95. The molecule has 1 aliphatic rings. The number of methoxy groups -OCH3 is 1. The van der Waals surface area contributed by atoms with Crippen molar-refractivity contribution in [1.82, 2.24) is 4.98 Å². The Hall–Kier alpha value is -5.35. The molecule has 234 valence electrons. The summed E-state index contributed by atoms with van der Waals surface area (Å²) in [7, 11) is 1.52. The van der Waals surface area contributed by atoms with Crippen LogP contribution in [0.3, 0.4) is 0 Å². The second kappa shape index (κ2) is 13.3. The van der Waals surface area contributed by atoms with Crippen LogP contribution in [0.2, 0.25) is 0 Å². The van der Waals surface area contributed by atoms with Crippen LogP contribution in [-0.2, 0) is 16.2 Å². The first-order valence-corrected chi connectivity index (χ1v) is 15.7. The van der Waals surface area contributed by atoms with Crippen molar-refractivity contribution in [2.45, 2.75) is 26.5 Å². The van der Waals surface area contributed by atoms with Gasteiger partial charge in [-0.1, -0.05) is 59.9 Å². The fourth-order valence-corrected chi connectivity index (χ4v) is 6.38. The van der Waals surface area contributed by atoms with Crippen molar-refractivity contribution in [3.05, 3.63) is 113 Å².